The van der Waals surface area contributed by atoms with Crippen LogP contribution in [0.4, 0.5) is 0 Å². The fourth-order valence-corrected chi connectivity index (χ4v) is 2.63. The van der Waals surface area contributed by atoms with Gasteiger partial charge in [-0.2, -0.15) is 0 Å². The van der Waals surface area contributed by atoms with E-state index in [2.05, 4.69) is 0 Å². The summed E-state index contributed by atoms with van der Waals surface area (Å²) in [6, 6.07) is 17.0. The molecule has 110 valence electrons. The van der Waals surface area contributed by atoms with Crippen molar-refractivity contribution in [2.24, 2.45) is 0 Å². The summed E-state index contributed by atoms with van der Waals surface area (Å²) < 4.78 is 5.14. The SMILES string of the molecule is CCC(Cc1ccc(OC)cc1)(C(=O)O)c1ccccc1. The number of rotatable bonds is 6. The molecule has 0 radical (unpaired) electrons. The van der Waals surface area contributed by atoms with Gasteiger partial charge in [0, 0.05) is 0 Å². The molecule has 2 rings (SSSR count). The molecule has 1 N–H and O–H groups in total. The first-order chi connectivity index (χ1) is 10.1. The van der Waals surface area contributed by atoms with Crippen LogP contribution < -0.4 is 4.74 Å². The fourth-order valence-electron chi connectivity index (χ4n) is 2.63. The van der Waals surface area contributed by atoms with Crippen LogP contribution in [0.15, 0.2) is 54.6 Å². The molecular weight excluding hydrogens is 264 g/mol. The Hall–Kier alpha value is -2.29. The van der Waals surface area contributed by atoms with E-state index in [1.165, 1.54) is 0 Å². The number of carboxylic acids is 1. The van der Waals surface area contributed by atoms with Crippen molar-refractivity contribution in [3.63, 3.8) is 0 Å². The molecule has 2 aromatic rings. The zero-order chi connectivity index (χ0) is 15.3. The Morgan fingerprint density at radius 1 is 1.10 bits per heavy atom. The van der Waals surface area contributed by atoms with E-state index in [4.69, 9.17) is 4.74 Å². The van der Waals surface area contributed by atoms with Gasteiger partial charge >= 0.3 is 5.97 Å². The van der Waals surface area contributed by atoms with Gasteiger partial charge in [-0.1, -0.05) is 49.4 Å². The van der Waals surface area contributed by atoms with Crippen molar-refractivity contribution >= 4 is 5.97 Å². The summed E-state index contributed by atoms with van der Waals surface area (Å²) in [5, 5.41) is 9.81. The third-order valence-corrected chi connectivity index (χ3v) is 4.00. The summed E-state index contributed by atoms with van der Waals surface area (Å²) in [4.78, 5) is 12.0. The molecule has 0 saturated carbocycles. The Morgan fingerprint density at radius 2 is 1.71 bits per heavy atom. The minimum absolute atomic E-state index is 0.465. The normalized spacial score (nSPS) is 13.4. The number of benzene rings is 2. The fraction of sp³-hybridized carbons (Fsp3) is 0.278. The lowest BCUT2D eigenvalue weighted by Gasteiger charge is -2.29. The zero-order valence-electron chi connectivity index (χ0n) is 12.4. The molecule has 0 heterocycles. The second kappa shape index (κ2) is 6.44. The first-order valence-corrected chi connectivity index (χ1v) is 7.04. The number of aliphatic carboxylic acids is 1. The second-order valence-electron chi connectivity index (χ2n) is 5.13. The van der Waals surface area contributed by atoms with Crippen LogP contribution in [-0.2, 0) is 16.6 Å². The quantitative estimate of drug-likeness (QED) is 0.880. The summed E-state index contributed by atoms with van der Waals surface area (Å²) in [6.45, 7) is 1.92. The molecule has 0 bridgehead atoms. The van der Waals surface area contributed by atoms with Crippen molar-refractivity contribution in [2.45, 2.75) is 25.2 Å². The highest BCUT2D eigenvalue weighted by Crippen LogP contribution is 2.33. The van der Waals surface area contributed by atoms with E-state index < -0.39 is 11.4 Å². The Balaban J connectivity index is 2.38. The van der Waals surface area contributed by atoms with Crippen LogP contribution in [0, 0.1) is 0 Å². The Labute approximate surface area is 125 Å². The highest BCUT2D eigenvalue weighted by Gasteiger charge is 2.38. The molecule has 1 unspecified atom stereocenters. The first-order valence-electron chi connectivity index (χ1n) is 7.04. The monoisotopic (exact) mass is 284 g/mol. The summed E-state index contributed by atoms with van der Waals surface area (Å²) >= 11 is 0. The average Bonchev–Trinajstić information content (AvgIpc) is 2.54. The maximum atomic E-state index is 12.0. The van der Waals surface area contributed by atoms with Crippen LogP contribution in [0.25, 0.3) is 0 Å². The van der Waals surface area contributed by atoms with Crippen LogP contribution >= 0.6 is 0 Å². The molecule has 2 aromatic carbocycles. The summed E-state index contributed by atoms with van der Waals surface area (Å²) in [5.41, 5.74) is 0.940. The van der Waals surface area contributed by atoms with Crippen LogP contribution in [0.5, 0.6) is 5.75 Å². The van der Waals surface area contributed by atoms with Gasteiger partial charge in [0.15, 0.2) is 0 Å². The summed E-state index contributed by atoms with van der Waals surface area (Å²) in [7, 11) is 1.62. The zero-order valence-corrected chi connectivity index (χ0v) is 12.4. The van der Waals surface area contributed by atoms with Crippen LogP contribution in [-0.4, -0.2) is 18.2 Å². The Kier molecular flexibility index (Phi) is 4.63. The molecule has 0 fully saturated rings. The third-order valence-electron chi connectivity index (χ3n) is 4.00. The van der Waals surface area contributed by atoms with Gasteiger partial charge in [0.2, 0.25) is 0 Å². The maximum absolute atomic E-state index is 12.0. The lowest BCUT2D eigenvalue weighted by atomic mass is 9.73. The van der Waals surface area contributed by atoms with Crippen molar-refractivity contribution in [3.8, 4) is 5.75 Å². The lowest BCUT2D eigenvalue weighted by molar-refractivity contribution is -0.144. The number of ether oxygens (including phenoxy) is 1. The van der Waals surface area contributed by atoms with Gasteiger partial charge in [-0.05, 0) is 36.1 Å². The minimum Gasteiger partial charge on any atom is -0.497 e. The van der Waals surface area contributed by atoms with Gasteiger partial charge in [0.1, 0.15) is 5.75 Å². The van der Waals surface area contributed by atoms with Crippen molar-refractivity contribution in [2.75, 3.05) is 7.11 Å². The lowest BCUT2D eigenvalue weighted by Crippen LogP contribution is -2.37. The van der Waals surface area contributed by atoms with Crippen LogP contribution in [0.3, 0.4) is 0 Å². The van der Waals surface area contributed by atoms with E-state index in [9.17, 15) is 9.90 Å². The molecule has 1 atom stereocenters. The largest absolute Gasteiger partial charge is 0.497 e. The number of carboxylic acid groups (broad SMARTS) is 1. The van der Waals surface area contributed by atoms with Crippen LogP contribution in [0.1, 0.15) is 24.5 Å². The van der Waals surface area contributed by atoms with Gasteiger partial charge < -0.3 is 9.84 Å². The van der Waals surface area contributed by atoms with Gasteiger partial charge in [-0.3, -0.25) is 4.79 Å². The van der Waals surface area contributed by atoms with E-state index in [1.54, 1.807) is 7.11 Å². The number of carbonyl (C=O) groups is 1. The molecule has 0 aliphatic rings. The van der Waals surface area contributed by atoms with Crippen molar-refractivity contribution in [1.82, 2.24) is 0 Å². The van der Waals surface area contributed by atoms with Gasteiger partial charge in [-0.15, -0.1) is 0 Å². The highest BCUT2D eigenvalue weighted by molar-refractivity contribution is 5.81. The van der Waals surface area contributed by atoms with E-state index in [0.717, 1.165) is 16.9 Å². The molecule has 3 nitrogen and oxygen atoms in total. The summed E-state index contributed by atoms with van der Waals surface area (Å²) in [5.74, 6) is -0.0112. The Bertz CT molecular complexity index is 590. The average molecular weight is 284 g/mol. The van der Waals surface area contributed by atoms with E-state index >= 15 is 0 Å². The summed E-state index contributed by atoms with van der Waals surface area (Å²) in [6.07, 6.45) is 1.01. The topological polar surface area (TPSA) is 46.5 Å². The molecule has 0 aliphatic carbocycles. The number of methoxy groups -OCH3 is 1. The maximum Gasteiger partial charge on any atom is 0.314 e. The molecule has 21 heavy (non-hydrogen) atoms. The molecule has 3 heteroatoms. The number of hydrogen-bond donors (Lipinski definition) is 1. The van der Waals surface area contributed by atoms with Gasteiger partial charge in [0.25, 0.3) is 0 Å². The second-order valence-corrected chi connectivity index (χ2v) is 5.13. The molecule has 0 aromatic heterocycles. The molecule has 0 aliphatic heterocycles. The third kappa shape index (κ3) is 3.07. The van der Waals surface area contributed by atoms with Crippen LogP contribution in [0.2, 0.25) is 0 Å². The first kappa shape index (κ1) is 15.1. The van der Waals surface area contributed by atoms with E-state index in [-0.39, 0.29) is 0 Å². The smallest absolute Gasteiger partial charge is 0.314 e. The van der Waals surface area contributed by atoms with Crippen molar-refractivity contribution in [1.29, 1.82) is 0 Å². The van der Waals surface area contributed by atoms with Crippen molar-refractivity contribution in [3.05, 3.63) is 65.7 Å². The standard InChI is InChI=1S/C18H20O3/c1-3-18(17(19)20,15-7-5-4-6-8-15)13-14-9-11-16(21-2)12-10-14/h4-12H,3,13H2,1-2H3,(H,19,20). The van der Waals surface area contributed by atoms with E-state index in [0.29, 0.717) is 12.8 Å². The van der Waals surface area contributed by atoms with Gasteiger partial charge in [0.05, 0.1) is 12.5 Å². The van der Waals surface area contributed by atoms with Crippen molar-refractivity contribution < 1.29 is 14.6 Å². The highest BCUT2D eigenvalue weighted by atomic mass is 16.5. The predicted molar refractivity (Wildman–Crippen MR) is 82.7 cm³/mol. The molecule has 0 amide bonds. The molecular formula is C18H20O3. The minimum atomic E-state index is -0.893. The molecule has 0 saturated heterocycles. The Morgan fingerprint density at radius 3 is 2.19 bits per heavy atom. The molecule has 0 spiro atoms. The van der Waals surface area contributed by atoms with E-state index in [1.807, 2.05) is 61.5 Å². The number of hydrogen-bond acceptors (Lipinski definition) is 2. The predicted octanol–water partition coefficient (Wildman–Crippen LogP) is 3.67. The van der Waals surface area contributed by atoms with Gasteiger partial charge in [-0.25, -0.2) is 0 Å².